The average Bonchev–Trinajstić information content (AvgIpc) is 3.38. The molecule has 0 aliphatic heterocycles. The molecule has 8 nitrogen and oxygen atoms in total. The van der Waals surface area contributed by atoms with Crippen molar-refractivity contribution in [1.29, 1.82) is 0 Å². The Hall–Kier alpha value is -4.30. The summed E-state index contributed by atoms with van der Waals surface area (Å²) in [5.74, 6) is 1.57. The van der Waals surface area contributed by atoms with Gasteiger partial charge < -0.3 is 9.72 Å². The second-order valence-electron chi connectivity index (χ2n) is 9.64. The molecule has 0 unspecified atom stereocenters. The van der Waals surface area contributed by atoms with Gasteiger partial charge in [-0.25, -0.2) is 4.68 Å². The van der Waals surface area contributed by atoms with Gasteiger partial charge in [-0.3, -0.25) is 9.69 Å². The zero-order chi connectivity index (χ0) is 26.5. The lowest BCUT2D eigenvalue weighted by Gasteiger charge is -2.22. The van der Waals surface area contributed by atoms with E-state index in [-0.39, 0.29) is 5.56 Å². The number of methoxy groups -OCH3 is 1. The van der Waals surface area contributed by atoms with Crippen molar-refractivity contribution in [3.8, 4) is 5.75 Å². The molecule has 0 saturated heterocycles. The Bertz CT molecular complexity index is 1570. The third kappa shape index (κ3) is 5.81. The molecule has 0 saturated carbocycles. The molecule has 0 aliphatic rings. The molecule has 5 aromatic rings. The zero-order valence-electron chi connectivity index (χ0n) is 22.0. The molecule has 5 rings (SSSR count). The second-order valence-corrected chi connectivity index (χ2v) is 9.64. The molecule has 0 fully saturated rings. The maximum Gasteiger partial charge on any atom is 0.252 e. The standard InChI is InChI=1S/C30H32N6O2/c1-21-9-12-25-17-26(30(37)31-29(25)22(21)2)19-35(18-24-10-13-27(38-3)14-11-24)20-28-32-33-34-36(28)16-15-23-7-5-4-6-8-23/h4-14,17H,15-16,18-20H2,1-3H3,(H,31,37). The molecule has 194 valence electrons. The fourth-order valence-corrected chi connectivity index (χ4v) is 4.68. The van der Waals surface area contributed by atoms with Gasteiger partial charge in [-0.05, 0) is 76.5 Å². The van der Waals surface area contributed by atoms with Crippen molar-refractivity contribution >= 4 is 10.9 Å². The molecule has 0 bridgehead atoms. The Kier molecular flexibility index (Phi) is 7.60. The van der Waals surface area contributed by atoms with E-state index in [2.05, 4.69) is 56.6 Å². The lowest BCUT2D eigenvalue weighted by atomic mass is 10.0. The summed E-state index contributed by atoms with van der Waals surface area (Å²) in [6.07, 6.45) is 0.834. The molecular formula is C30H32N6O2. The molecule has 0 radical (unpaired) electrons. The number of hydrogen-bond donors (Lipinski definition) is 1. The van der Waals surface area contributed by atoms with Gasteiger partial charge in [0.2, 0.25) is 0 Å². The van der Waals surface area contributed by atoms with E-state index in [4.69, 9.17) is 4.74 Å². The minimum atomic E-state index is -0.0744. The highest BCUT2D eigenvalue weighted by atomic mass is 16.5. The van der Waals surface area contributed by atoms with Crippen molar-refractivity contribution in [1.82, 2.24) is 30.1 Å². The van der Waals surface area contributed by atoms with Crippen molar-refractivity contribution in [2.75, 3.05) is 7.11 Å². The number of benzene rings is 3. The number of tetrazole rings is 1. The van der Waals surface area contributed by atoms with E-state index >= 15 is 0 Å². The van der Waals surface area contributed by atoms with Crippen LogP contribution >= 0.6 is 0 Å². The van der Waals surface area contributed by atoms with Crippen LogP contribution in [-0.4, -0.2) is 37.2 Å². The first kappa shape index (κ1) is 25.4. The van der Waals surface area contributed by atoms with Crippen LogP contribution < -0.4 is 10.3 Å². The highest BCUT2D eigenvalue weighted by molar-refractivity contribution is 5.83. The maximum atomic E-state index is 13.2. The predicted molar refractivity (Wildman–Crippen MR) is 148 cm³/mol. The monoisotopic (exact) mass is 508 g/mol. The minimum Gasteiger partial charge on any atom is -0.497 e. The van der Waals surface area contributed by atoms with Gasteiger partial charge in [0.1, 0.15) is 5.75 Å². The van der Waals surface area contributed by atoms with Crippen LogP contribution in [0.5, 0.6) is 5.75 Å². The first-order valence-electron chi connectivity index (χ1n) is 12.8. The van der Waals surface area contributed by atoms with Crippen LogP contribution in [-0.2, 0) is 32.6 Å². The Labute approximate surface area is 221 Å². The predicted octanol–water partition coefficient (Wildman–Crippen LogP) is 4.59. The Morgan fingerprint density at radius 3 is 2.47 bits per heavy atom. The van der Waals surface area contributed by atoms with E-state index in [1.165, 1.54) is 5.56 Å². The summed E-state index contributed by atoms with van der Waals surface area (Å²) in [4.78, 5) is 18.5. The molecule has 0 spiro atoms. The van der Waals surface area contributed by atoms with Crippen LogP contribution in [0, 0.1) is 13.8 Å². The van der Waals surface area contributed by atoms with Crippen molar-refractivity contribution in [3.05, 3.63) is 117 Å². The molecule has 1 N–H and O–H groups in total. The summed E-state index contributed by atoms with van der Waals surface area (Å²) in [5.41, 5.74) is 6.12. The van der Waals surface area contributed by atoms with Gasteiger partial charge in [0, 0.05) is 25.2 Å². The minimum absolute atomic E-state index is 0.0744. The smallest absolute Gasteiger partial charge is 0.252 e. The first-order chi connectivity index (χ1) is 18.5. The van der Waals surface area contributed by atoms with Gasteiger partial charge in [-0.2, -0.15) is 0 Å². The van der Waals surface area contributed by atoms with E-state index in [0.717, 1.165) is 45.6 Å². The van der Waals surface area contributed by atoms with Gasteiger partial charge in [-0.15, -0.1) is 5.10 Å². The summed E-state index contributed by atoms with van der Waals surface area (Å²) >= 11 is 0. The van der Waals surface area contributed by atoms with Crippen molar-refractivity contribution in [3.63, 3.8) is 0 Å². The number of aryl methyl sites for hydroxylation is 4. The number of nitrogens with zero attached hydrogens (tertiary/aromatic N) is 5. The van der Waals surface area contributed by atoms with Gasteiger partial charge in [0.25, 0.3) is 5.56 Å². The van der Waals surface area contributed by atoms with Gasteiger partial charge in [0.15, 0.2) is 5.82 Å². The third-order valence-electron chi connectivity index (χ3n) is 7.01. The number of H-pyrrole nitrogens is 1. The van der Waals surface area contributed by atoms with Crippen molar-refractivity contribution in [2.24, 2.45) is 0 Å². The number of hydrogen-bond acceptors (Lipinski definition) is 6. The number of pyridine rings is 1. The SMILES string of the molecule is COc1ccc(CN(Cc2cc3ccc(C)c(C)c3[nH]c2=O)Cc2nnnn2CCc2ccccc2)cc1. The lowest BCUT2D eigenvalue weighted by molar-refractivity contribution is 0.235. The summed E-state index contributed by atoms with van der Waals surface area (Å²) < 4.78 is 7.17. The zero-order valence-corrected chi connectivity index (χ0v) is 22.0. The summed E-state index contributed by atoms with van der Waals surface area (Å²) in [7, 11) is 1.66. The maximum absolute atomic E-state index is 13.2. The van der Waals surface area contributed by atoms with Crippen molar-refractivity contribution < 1.29 is 4.74 Å². The molecule has 0 aliphatic carbocycles. The molecule has 0 atom stereocenters. The number of fused-ring (bicyclic) bond motifs is 1. The molecule has 2 aromatic heterocycles. The highest BCUT2D eigenvalue weighted by Gasteiger charge is 2.16. The topological polar surface area (TPSA) is 88.9 Å². The Morgan fingerprint density at radius 1 is 0.921 bits per heavy atom. The summed E-state index contributed by atoms with van der Waals surface area (Å²) in [5, 5.41) is 13.5. The largest absolute Gasteiger partial charge is 0.497 e. The van der Waals surface area contributed by atoms with Gasteiger partial charge >= 0.3 is 0 Å². The molecule has 2 heterocycles. The van der Waals surface area contributed by atoms with Gasteiger partial charge in [-0.1, -0.05) is 54.6 Å². The van der Waals surface area contributed by atoms with Crippen LogP contribution in [0.2, 0.25) is 0 Å². The average molecular weight is 509 g/mol. The Morgan fingerprint density at radius 2 is 1.71 bits per heavy atom. The van der Waals surface area contributed by atoms with Crippen LogP contribution in [0.3, 0.4) is 0 Å². The molecule has 0 amide bonds. The third-order valence-corrected chi connectivity index (χ3v) is 7.01. The van der Waals surface area contributed by atoms with E-state index in [9.17, 15) is 4.79 Å². The lowest BCUT2D eigenvalue weighted by Crippen LogP contribution is -2.28. The fraction of sp³-hybridized carbons (Fsp3) is 0.267. The van der Waals surface area contributed by atoms with E-state index in [0.29, 0.717) is 31.7 Å². The molecule has 8 heteroatoms. The number of aromatic nitrogens is 5. The number of ether oxygens (including phenoxy) is 1. The molecule has 3 aromatic carbocycles. The van der Waals surface area contributed by atoms with Crippen LogP contribution in [0.25, 0.3) is 10.9 Å². The normalized spacial score (nSPS) is 11.4. The molecule has 38 heavy (non-hydrogen) atoms. The van der Waals surface area contributed by atoms with Gasteiger partial charge in [0.05, 0.1) is 19.2 Å². The molecular weight excluding hydrogens is 476 g/mol. The van der Waals surface area contributed by atoms with Crippen molar-refractivity contribution in [2.45, 2.75) is 46.4 Å². The van der Waals surface area contributed by atoms with E-state index in [1.54, 1.807) is 7.11 Å². The highest BCUT2D eigenvalue weighted by Crippen LogP contribution is 2.21. The number of aromatic amines is 1. The summed E-state index contributed by atoms with van der Waals surface area (Å²) in [6.45, 7) is 6.35. The number of rotatable bonds is 10. The Balaban J connectivity index is 1.41. The quantitative estimate of drug-likeness (QED) is 0.297. The summed E-state index contributed by atoms with van der Waals surface area (Å²) in [6, 6.07) is 24.4. The van der Waals surface area contributed by atoms with E-state index < -0.39 is 0 Å². The first-order valence-corrected chi connectivity index (χ1v) is 12.8. The van der Waals surface area contributed by atoms with Crippen LogP contribution in [0.15, 0.2) is 77.6 Å². The van der Waals surface area contributed by atoms with E-state index in [1.807, 2.05) is 60.1 Å². The fourth-order valence-electron chi connectivity index (χ4n) is 4.68. The van der Waals surface area contributed by atoms with Crippen LogP contribution in [0.1, 0.15) is 33.6 Å². The van der Waals surface area contributed by atoms with Crippen LogP contribution in [0.4, 0.5) is 0 Å². The number of nitrogens with one attached hydrogen (secondary N) is 1. The second kappa shape index (κ2) is 11.4.